The first-order valence-corrected chi connectivity index (χ1v) is 9.79. The molecule has 134 valence electrons. The van der Waals surface area contributed by atoms with Crippen molar-refractivity contribution in [1.29, 1.82) is 0 Å². The zero-order valence-corrected chi connectivity index (χ0v) is 16.4. The molecule has 5 heteroatoms. The van der Waals surface area contributed by atoms with E-state index >= 15 is 0 Å². The van der Waals surface area contributed by atoms with Gasteiger partial charge in [0.05, 0.1) is 13.2 Å². The molecule has 3 aromatic rings. The summed E-state index contributed by atoms with van der Waals surface area (Å²) in [6, 6.07) is 13.9. The van der Waals surface area contributed by atoms with Crippen molar-refractivity contribution >= 4 is 22.9 Å². The van der Waals surface area contributed by atoms with Gasteiger partial charge in [-0.25, -0.2) is 0 Å². The van der Waals surface area contributed by atoms with Gasteiger partial charge >= 0.3 is 0 Å². The third-order valence-electron chi connectivity index (χ3n) is 4.39. The zero-order chi connectivity index (χ0) is 18.1. The average molecular weight is 386 g/mol. The smallest absolute Gasteiger partial charge is 0.135 e. The highest BCUT2D eigenvalue weighted by atomic mass is 35.5. The first-order valence-electron chi connectivity index (χ1n) is 8.53. The van der Waals surface area contributed by atoms with E-state index in [0.717, 1.165) is 29.2 Å². The summed E-state index contributed by atoms with van der Waals surface area (Å²) < 4.78 is 12.1. The molecule has 0 radical (unpaired) electrons. The van der Waals surface area contributed by atoms with Gasteiger partial charge in [0.15, 0.2) is 0 Å². The second kappa shape index (κ2) is 7.41. The van der Waals surface area contributed by atoms with Crippen LogP contribution in [0.4, 0.5) is 0 Å². The summed E-state index contributed by atoms with van der Waals surface area (Å²) in [6.45, 7) is 2.19. The van der Waals surface area contributed by atoms with Crippen LogP contribution >= 0.6 is 22.9 Å². The van der Waals surface area contributed by atoms with Gasteiger partial charge in [-0.2, -0.15) is 0 Å². The molecular weight excluding hydrogens is 366 g/mol. The molecule has 0 aliphatic carbocycles. The molecule has 0 unspecified atom stereocenters. The largest absolute Gasteiger partial charge is 0.456 e. The minimum absolute atomic E-state index is 0.585. The van der Waals surface area contributed by atoms with Crippen molar-refractivity contribution in [2.75, 3.05) is 27.2 Å². The van der Waals surface area contributed by atoms with E-state index in [1.54, 1.807) is 11.3 Å². The fraction of sp³-hybridized carbons (Fsp3) is 0.238. The van der Waals surface area contributed by atoms with Crippen molar-refractivity contribution in [2.45, 2.75) is 6.61 Å². The van der Waals surface area contributed by atoms with Crippen LogP contribution in [-0.2, 0) is 11.3 Å². The van der Waals surface area contributed by atoms with Crippen LogP contribution in [0.25, 0.3) is 22.3 Å². The number of fused-ring (bicyclic) bond motifs is 5. The molecule has 4 rings (SSSR count). The predicted molar refractivity (Wildman–Crippen MR) is 108 cm³/mol. The average Bonchev–Trinajstić information content (AvgIpc) is 2.98. The Morgan fingerprint density at radius 1 is 1.04 bits per heavy atom. The zero-order valence-electron chi connectivity index (χ0n) is 14.8. The number of thiophene rings is 1. The molecule has 2 aromatic carbocycles. The molecule has 2 heterocycles. The Morgan fingerprint density at radius 2 is 1.85 bits per heavy atom. The van der Waals surface area contributed by atoms with E-state index < -0.39 is 0 Å². The fourth-order valence-electron chi connectivity index (χ4n) is 3.09. The Morgan fingerprint density at radius 3 is 2.69 bits per heavy atom. The fourth-order valence-corrected chi connectivity index (χ4v) is 4.26. The molecule has 1 aliphatic heterocycles. The van der Waals surface area contributed by atoms with Gasteiger partial charge < -0.3 is 14.4 Å². The minimum atomic E-state index is 0.585. The number of nitrogens with zero attached hydrogens (tertiary/aromatic N) is 1. The molecule has 0 fully saturated rings. The van der Waals surface area contributed by atoms with Gasteiger partial charge in [-0.1, -0.05) is 29.8 Å². The van der Waals surface area contributed by atoms with Crippen LogP contribution in [0.1, 0.15) is 4.88 Å². The molecule has 0 bridgehead atoms. The molecular formula is C21H20ClNO2S. The third kappa shape index (κ3) is 3.38. The van der Waals surface area contributed by atoms with Crippen molar-refractivity contribution in [3.8, 4) is 33.8 Å². The van der Waals surface area contributed by atoms with E-state index in [4.69, 9.17) is 21.1 Å². The third-order valence-corrected chi connectivity index (χ3v) is 5.59. The second-order valence-electron chi connectivity index (χ2n) is 6.54. The molecule has 1 aromatic heterocycles. The van der Waals surface area contributed by atoms with Crippen LogP contribution < -0.4 is 4.74 Å². The molecule has 0 atom stereocenters. The number of likely N-dealkylation sites (N-methyl/N-ethyl adjacent to an activating group) is 1. The van der Waals surface area contributed by atoms with Gasteiger partial charge in [0.2, 0.25) is 0 Å². The SMILES string of the molecule is CN(C)CCOCc1scc2c1-c1cc(Cl)ccc1Oc1ccccc1-2. The number of rotatable bonds is 5. The lowest BCUT2D eigenvalue weighted by atomic mass is 9.97. The number of halogens is 1. The van der Waals surface area contributed by atoms with Gasteiger partial charge in [-0.05, 0) is 43.7 Å². The standard InChI is InChI=1S/C21H20ClNO2S/c1-23(2)9-10-24-12-20-21-16-11-14(22)7-8-19(16)25-18-6-4-3-5-15(18)17(21)13-26-20/h3-8,11,13H,9-10,12H2,1-2H3. The van der Waals surface area contributed by atoms with Crippen LogP contribution in [-0.4, -0.2) is 32.1 Å². The lowest BCUT2D eigenvalue weighted by Gasteiger charge is -2.12. The summed E-state index contributed by atoms with van der Waals surface area (Å²) in [5.41, 5.74) is 4.47. The summed E-state index contributed by atoms with van der Waals surface area (Å²) in [4.78, 5) is 3.32. The topological polar surface area (TPSA) is 21.7 Å². The molecule has 3 nitrogen and oxygen atoms in total. The van der Waals surface area contributed by atoms with Crippen molar-refractivity contribution in [2.24, 2.45) is 0 Å². The van der Waals surface area contributed by atoms with Gasteiger partial charge in [0, 0.05) is 38.7 Å². The van der Waals surface area contributed by atoms with Crippen molar-refractivity contribution in [3.63, 3.8) is 0 Å². The molecule has 26 heavy (non-hydrogen) atoms. The quantitative estimate of drug-likeness (QED) is 0.398. The summed E-state index contributed by atoms with van der Waals surface area (Å²) in [7, 11) is 4.10. The number of hydrogen-bond acceptors (Lipinski definition) is 4. The Hall–Kier alpha value is -1.85. The highest BCUT2D eigenvalue weighted by molar-refractivity contribution is 7.11. The van der Waals surface area contributed by atoms with Crippen LogP contribution in [0.2, 0.25) is 5.02 Å². The van der Waals surface area contributed by atoms with Crippen molar-refractivity contribution in [3.05, 3.63) is 57.7 Å². The normalized spacial score (nSPS) is 12.2. The predicted octanol–water partition coefficient (Wildman–Crippen LogP) is 5.92. The summed E-state index contributed by atoms with van der Waals surface area (Å²) in [5, 5.41) is 2.90. The van der Waals surface area contributed by atoms with E-state index in [1.165, 1.54) is 16.0 Å². The van der Waals surface area contributed by atoms with Crippen LogP contribution in [0, 0.1) is 0 Å². The van der Waals surface area contributed by atoms with Crippen molar-refractivity contribution in [1.82, 2.24) is 4.90 Å². The van der Waals surface area contributed by atoms with Crippen LogP contribution in [0.3, 0.4) is 0 Å². The summed E-state index contributed by atoms with van der Waals surface area (Å²) in [6.07, 6.45) is 0. The van der Waals surface area contributed by atoms with Crippen molar-refractivity contribution < 1.29 is 9.47 Å². The Balaban J connectivity index is 1.78. The maximum absolute atomic E-state index is 6.30. The Labute approximate surface area is 162 Å². The Bertz CT molecular complexity index is 936. The first kappa shape index (κ1) is 17.6. The highest BCUT2D eigenvalue weighted by Gasteiger charge is 2.24. The lowest BCUT2D eigenvalue weighted by molar-refractivity contribution is 0.107. The lowest BCUT2D eigenvalue weighted by Crippen LogP contribution is -2.17. The van der Waals surface area contributed by atoms with Crippen LogP contribution in [0.15, 0.2) is 47.8 Å². The Kier molecular flexibility index (Phi) is 5.00. The van der Waals surface area contributed by atoms with E-state index in [2.05, 4.69) is 16.3 Å². The van der Waals surface area contributed by atoms with E-state index in [1.807, 2.05) is 50.5 Å². The van der Waals surface area contributed by atoms with Crippen LogP contribution in [0.5, 0.6) is 11.5 Å². The number of para-hydroxylation sites is 1. The first-order chi connectivity index (χ1) is 12.6. The molecule has 0 saturated carbocycles. The monoisotopic (exact) mass is 385 g/mol. The molecule has 0 saturated heterocycles. The van der Waals surface area contributed by atoms with Gasteiger partial charge in [-0.15, -0.1) is 11.3 Å². The molecule has 0 N–H and O–H groups in total. The number of benzene rings is 2. The maximum atomic E-state index is 6.30. The van der Waals surface area contributed by atoms with Gasteiger partial charge in [-0.3, -0.25) is 0 Å². The number of hydrogen-bond donors (Lipinski definition) is 0. The van der Waals surface area contributed by atoms with E-state index in [-0.39, 0.29) is 0 Å². The van der Waals surface area contributed by atoms with E-state index in [9.17, 15) is 0 Å². The molecule has 1 aliphatic rings. The second-order valence-corrected chi connectivity index (χ2v) is 7.94. The minimum Gasteiger partial charge on any atom is -0.456 e. The summed E-state index contributed by atoms with van der Waals surface area (Å²) >= 11 is 8.03. The molecule has 0 amide bonds. The highest BCUT2D eigenvalue weighted by Crippen LogP contribution is 2.50. The van der Waals surface area contributed by atoms with Gasteiger partial charge in [0.1, 0.15) is 11.5 Å². The number of ether oxygens (including phenoxy) is 2. The van der Waals surface area contributed by atoms with E-state index in [0.29, 0.717) is 18.2 Å². The van der Waals surface area contributed by atoms with Gasteiger partial charge in [0.25, 0.3) is 0 Å². The summed E-state index contributed by atoms with van der Waals surface area (Å²) in [5.74, 6) is 1.70. The maximum Gasteiger partial charge on any atom is 0.135 e. The molecule has 0 spiro atoms.